The second kappa shape index (κ2) is 6.33. The predicted molar refractivity (Wildman–Crippen MR) is 79.4 cm³/mol. The van der Waals surface area contributed by atoms with Crippen LogP contribution in [0.4, 0.5) is 0 Å². The van der Waals surface area contributed by atoms with Crippen molar-refractivity contribution >= 4 is 5.78 Å². The van der Waals surface area contributed by atoms with E-state index in [1.54, 1.807) is 0 Å². The van der Waals surface area contributed by atoms with E-state index in [2.05, 4.69) is 25.7 Å². The van der Waals surface area contributed by atoms with Crippen molar-refractivity contribution in [2.24, 2.45) is 11.8 Å². The third kappa shape index (κ3) is 4.17. The molecule has 1 saturated carbocycles. The van der Waals surface area contributed by atoms with Crippen LogP contribution in [0.15, 0.2) is 30.3 Å². The Morgan fingerprint density at radius 3 is 2.32 bits per heavy atom. The fraction of sp³-hybridized carbons (Fsp3) is 0.588. The van der Waals surface area contributed by atoms with Crippen molar-refractivity contribution in [3.63, 3.8) is 0 Å². The van der Waals surface area contributed by atoms with E-state index in [0.29, 0.717) is 5.92 Å². The van der Waals surface area contributed by atoms with Crippen LogP contribution in [0.2, 0.25) is 0 Å². The van der Waals surface area contributed by atoms with Gasteiger partial charge in [-0.25, -0.2) is 0 Å². The summed E-state index contributed by atoms with van der Waals surface area (Å²) in [6.07, 6.45) is 2.61. The molecule has 0 aliphatic heterocycles. The third-order valence-electron chi connectivity index (χ3n) is 3.68. The van der Waals surface area contributed by atoms with Crippen LogP contribution in [-0.4, -0.2) is 29.8 Å². The maximum absolute atomic E-state index is 12.4. The van der Waals surface area contributed by atoms with Crippen LogP contribution in [0.5, 0.6) is 0 Å². The van der Waals surface area contributed by atoms with Gasteiger partial charge in [0.15, 0.2) is 5.78 Å². The summed E-state index contributed by atoms with van der Waals surface area (Å²) in [5, 5.41) is 0. The smallest absolute Gasteiger partial charge is 0.166 e. The first-order valence-corrected chi connectivity index (χ1v) is 7.41. The van der Waals surface area contributed by atoms with E-state index in [1.165, 1.54) is 12.8 Å². The Bertz CT molecular complexity index is 409. The number of carbonyl (C=O) groups excluding carboxylic acids is 1. The summed E-state index contributed by atoms with van der Waals surface area (Å²) in [6.45, 7) is 8.57. The zero-order valence-corrected chi connectivity index (χ0v) is 12.3. The second-order valence-corrected chi connectivity index (χ2v) is 6.21. The summed E-state index contributed by atoms with van der Waals surface area (Å²) < 4.78 is 0. The fourth-order valence-corrected chi connectivity index (χ4v) is 2.60. The molecule has 0 aromatic heterocycles. The van der Waals surface area contributed by atoms with Gasteiger partial charge in [0.2, 0.25) is 0 Å². The van der Waals surface area contributed by atoms with Gasteiger partial charge in [-0.15, -0.1) is 0 Å². The highest BCUT2D eigenvalue weighted by Crippen LogP contribution is 2.28. The van der Waals surface area contributed by atoms with Gasteiger partial charge < -0.3 is 0 Å². The predicted octanol–water partition coefficient (Wildman–Crippen LogP) is 3.63. The summed E-state index contributed by atoms with van der Waals surface area (Å²) in [6, 6.07) is 10.4. The van der Waals surface area contributed by atoms with Gasteiger partial charge in [0.1, 0.15) is 0 Å². The number of nitrogens with zero attached hydrogens (tertiary/aromatic N) is 1. The molecule has 1 aromatic carbocycles. The van der Waals surface area contributed by atoms with Crippen molar-refractivity contribution < 1.29 is 4.79 Å². The van der Waals surface area contributed by atoms with Gasteiger partial charge in [0.05, 0.1) is 0 Å². The van der Waals surface area contributed by atoms with Gasteiger partial charge in [-0.1, -0.05) is 51.1 Å². The molecular formula is C17H25NO. The van der Waals surface area contributed by atoms with Crippen LogP contribution >= 0.6 is 0 Å². The number of carbonyl (C=O) groups is 1. The van der Waals surface area contributed by atoms with Crippen molar-refractivity contribution in [3.8, 4) is 0 Å². The molecular weight excluding hydrogens is 234 g/mol. The molecule has 1 fully saturated rings. The highest BCUT2D eigenvalue weighted by molar-refractivity contribution is 5.97. The topological polar surface area (TPSA) is 20.3 Å². The number of Topliss-reactive ketones (excluding diaryl/α,β-unsaturated/α-hetero) is 1. The highest BCUT2D eigenvalue weighted by atomic mass is 16.1. The Morgan fingerprint density at radius 2 is 1.79 bits per heavy atom. The van der Waals surface area contributed by atoms with Crippen molar-refractivity contribution in [2.45, 2.75) is 39.7 Å². The first-order chi connectivity index (χ1) is 9.08. The minimum atomic E-state index is 0.0850. The van der Waals surface area contributed by atoms with Gasteiger partial charge >= 0.3 is 0 Å². The molecule has 1 aliphatic rings. The third-order valence-corrected chi connectivity index (χ3v) is 3.68. The summed E-state index contributed by atoms with van der Waals surface area (Å²) >= 11 is 0. The molecule has 0 radical (unpaired) electrons. The number of benzene rings is 1. The Morgan fingerprint density at radius 1 is 1.16 bits per heavy atom. The van der Waals surface area contributed by atoms with Crippen LogP contribution in [0, 0.1) is 11.8 Å². The minimum Gasteiger partial charge on any atom is -0.299 e. The van der Waals surface area contributed by atoms with Crippen LogP contribution < -0.4 is 0 Å². The lowest BCUT2D eigenvalue weighted by Crippen LogP contribution is -2.36. The highest BCUT2D eigenvalue weighted by Gasteiger charge is 2.31. The first-order valence-electron chi connectivity index (χ1n) is 7.41. The molecule has 0 N–H and O–H groups in total. The molecule has 2 heteroatoms. The standard InChI is InChI=1S/C17H25NO/c1-13(2)11-18(16-9-10-16)12-14(3)17(19)15-7-5-4-6-8-15/h4-8,13-14,16H,9-12H2,1-3H3. The van der Waals surface area contributed by atoms with Gasteiger partial charge in [0, 0.05) is 30.6 Å². The fourth-order valence-electron chi connectivity index (χ4n) is 2.60. The quantitative estimate of drug-likeness (QED) is 0.697. The lowest BCUT2D eigenvalue weighted by atomic mass is 9.98. The number of rotatable bonds is 7. The minimum absolute atomic E-state index is 0.0850. The van der Waals surface area contributed by atoms with Gasteiger partial charge in [0.25, 0.3) is 0 Å². The molecule has 0 heterocycles. The first kappa shape index (κ1) is 14.3. The lowest BCUT2D eigenvalue weighted by Gasteiger charge is -2.26. The molecule has 0 spiro atoms. The molecule has 104 valence electrons. The molecule has 19 heavy (non-hydrogen) atoms. The Balaban J connectivity index is 1.95. The van der Waals surface area contributed by atoms with Crippen LogP contribution in [0.25, 0.3) is 0 Å². The molecule has 1 aliphatic carbocycles. The van der Waals surface area contributed by atoms with E-state index < -0.39 is 0 Å². The maximum Gasteiger partial charge on any atom is 0.166 e. The SMILES string of the molecule is CC(C)CN(CC(C)C(=O)c1ccccc1)C1CC1. The summed E-state index contributed by atoms with van der Waals surface area (Å²) in [4.78, 5) is 14.9. The van der Waals surface area contributed by atoms with E-state index in [1.807, 2.05) is 30.3 Å². The van der Waals surface area contributed by atoms with Crippen LogP contribution in [0.3, 0.4) is 0 Å². The molecule has 2 nitrogen and oxygen atoms in total. The van der Waals surface area contributed by atoms with Crippen molar-refractivity contribution in [3.05, 3.63) is 35.9 Å². The van der Waals surface area contributed by atoms with E-state index in [-0.39, 0.29) is 11.7 Å². The molecule has 1 unspecified atom stereocenters. The Kier molecular flexibility index (Phi) is 4.76. The zero-order valence-electron chi connectivity index (χ0n) is 12.3. The van der Waals surface area contributed by atoms with E-state index in [0.717, 1.165) is 24.7 Å². The molecule has 1 aromatic rings. The van der Waals surface area contributed by atoms with Crippen LogP contribution in [0.1, 0.15) is 44.0 Å². The molecule has 2 rings (SSSR count). The van der Waals surface area contributed by atoms with Crippen molar-refractivity contribution in [1.29, 1.82) is 0 Å². The monoisotopic (exact) mass is 259 g/mol. The zero-order chi connectivity index (χ0) is 13.8. The maximum atomic E-state index is 12.4. The number of hydrogen-bond donors (Lipinski definition) is 0. The normalized spacial score (nSPS) is 16.9. The number of ketones is 1. The van der Waals surface area contributed by atoms with E-state index in [4.69, 9.17) is 0 Å². The van der Waals surface area contributed by atoms with Gasteiger partial charge in [-0.05, 0) is 18.8 Å². The summed E-state index contributed by atoms with van der Waals surface area (Å²) in [5.41, 5.74) is 0.843. The summed E-state index contributed by atoms with van der Waals surface area (Å²) in [7, 11) is 0. The average Bonchev–Trinajstić information content (AvgIpc) is 3.21. The van der Waals surface area contributed by atoms with E-state index in [9.17, 15) is 4.79 Å². The summed E-state index contributed by atoms with van der Waals surface area (Å²) in [5.74, 6) is 1.02. The average molecular weight is 259 g/mol. The Labute approximate surface area is 116 Å². The van der Waals surface area contributed by atoms with Gasteiger partial charge in [-0.3, -0.25) is 9.69 Å². The van der Waals surface area contributed by atoms with Crippen molar-refractivity contribution in [1.82, 2.24) is 4.90 Å². The largest absolute Gasteiger partial charge is 0.299 e. The molecule has 1 atom stereocenters. The second-order valence-electron chi connectivity index (χ2n) is 6.21. The molecule has 0 amide bonds. The molecule has 0 bridgehead atoms. The van der Waals surface area contributed by atoms with E-state index >= 15 is 0 Å². The Hall–Kier alpha value is -1.15. The molecule has 0 saturated heterocycles. The van der Waals surface area contributed by atoms with Crippen molar-refractivity contribution in [2.75, 3.05) is 13.1 Å². The number of hydrogen-bond acceptors (Lipinski definition) is 2. The lowest BCUT2D eigenvalue weighted by molar-refractivity contribution is 0.0883. The van der Waals surface area contributed by atoms with Crippen LogP contribution in [-0.2, 0) is 0 Å². The van der Waals surface area contributed by atoms with Gasteiger partial charge in [-0.2, -0.15) is 0 Å².